The minimum atomic E-state index is -1.19. The van der Waals surface area contributed by atoms with E-state index in [-0.39, 0.29) is 12.4 Å². The summed E-state index contributed by atoms with van der Waals surface area (Å²) in [7, 11) is 0. The van der Waals surface area contributed by atoms with Crippen LogP contribution in [0.25, 0.3) is 0 Å². The number of para-hydroxylation sites is 2. The van der Waals surface area contributed by atoms with E-state index in [1.165, 1.54) is 0 Å². The molecule has 2 N–H and O–H groups in total. The zero-order valence-corrected chi connectivity index (χ0v) is 8.44. The first kappa shape index (κ1) is 11.1. The Kier molecular flexibility index (Phi) is 2.92. The lowest BCUT2D eigenvalue weighted by Gasteiger charge is -2.15. The van der Waals surface area contributed by atoms with Crippen LogP contribution in [-0.4, -0.2) is 16.3 Å². The molecule has 76 valence electrons. The van der Waals surface area contributed by atoms with Crippen molar-refractivity contribution < 1.29 is 22.8 Å². The molecule has 0 saturated carbocycles. The van der Waals surface area contributed by atoms with Crippen molar-refractivity contribution in [1.29, 1.82) is 0 Å². The summed E-state index contributed by atoms with van der Waals surface area (Å²) in [4.78, 5) is 2.92. The minimum absolute atomic E-state index is 0. The third kappa shape index (κ3) is 1.42. The number of fused-ring (bicyclic) bond motifs is 1. The number of benzene rings is 1. The van der Waals surface area contributed by atoms with Gasteiger partial charge in [0.05, 0.1) is 0 Å². The average molecular weight is 215 g/mol. The molecule has 0 bridgehead atoms. The molecule has 0 fully saturated rings. The van der Waals surface area contributed by atoms with Gasteiger partial charge < -0.3 is 12.4 Å². The molecule has 4 nitrogen and oxygen atoms in total. The number of hydroxylamine groups is 2. The summed E-state index contributed by atoms with van der Waals surface area (Å²) in [6.45, 7) is 1.84. The van der Waals surface area contributed by atoms with Gasteiger partial charge in [0, 0.05) is 17.3 Å². The Bertz CT molecular complexity index is 377. The monoisotopic (exact) mass is 214 g/mol. The van der Waals surface area contributed by atoms with Crippen LogP contribution in [0.1, 0.15) is 13.3 Å². The number of hydrogen-bond donors (Lipinski definition) is 2. The molecule has 5 heteroatoms. The molecule has 1 aromatic rings. The van der Waals surface area contributed by atoms with Crippen molar-refractivity contribution in [3.63, 3.8) is 0 Å². The maximum atomic E-state index is 9.67. The molecule has 0 amide bonds. The summed E-state index contributed by atoms with van der Waals surface area (Å²) in [5.74, 6) is 0.348. The van der Waals surface area contributed by atoms with Gasteiger partial charge in [-0.25, -0.2) is 0 Å². The van der Waals surface area contributed by atoms with Crippen LogP contribution in [0.15, 0.2) is 29.3 Å². The van der Waals surface area contributed by atoms with E-state index in [1.54, 1.807) is 18.2 Å². The van der Waals surface area contributed by atoms with Crippen LogP contribution in [0, 0.1) is 0 Å². The molecule has 1 aromatic carbocycles. The lowest BCUT2D eigenvalue weighted by Crippen LogP contribution is -3.00. The fraction of sp³-hybridized carbons (Fsp3) is 0.222. The van der Waals surface area contributed by atoms with Crippen LogP contribution in [-0.2, 0) is 0 Å². The Morgan fingerprint density at radius 2 is 1.93 bits per heavy atom. The normalized spacial score (nSPS) is 16.9. The molecule has 1 aliphatic rings. The van der Waals surface area contributed by atoms with Crippen molar-refractivity contribution in [2.45, 2.75) is 13.3 Å². The van der Waals surface area contributed by atoms with Gasteiger partial charge in [-0.15, -0.1) is 0 Å². The van der Waals surface area contributed by atoms with Gasteiger partial charge >= 0.3 is 0 Å². The van der Waals surface area contributed by atoms with Crippen LogP contribution in [0.4, 0.5) is 11.4 Å². The highest BCUT2D eigenvalue weighted by Crippen LogP contribution is 2.37. The van der Waals surface area contributed by atoms with Gasteiger partial charge in [0.2, 0.25) is 5.69 Å². The summed E-state index contributed by atoms with van der Waals surface area (Å²) in [5.41, 5.74) is 1.05. The summed E-state index contributed by atoms with van der Waals surface area (Å²) in [6.07, 6.45) is 0.516. The zero-order valence-electron chi connectivity index (χ0n) is 7.68. The number of nitrogens with zero attached hydrogens (tertiary/aromatic N) is 2. The Labute approximate surface area is 88.0 Å². The van der Waals surface area contributed by atoms with Gasteiger partial charge in [-0.1, -0.05) is 19.1 Å². The molecular formula is C9H11ClN2O2. The Balaban J connectivity index is 0.000000980. The summed E-state index contributed by atoms with van der Waals surface area (Å²) in [5, 5.41) is 19.3. The van der Waals surface area contributed by atoms with Gasteiger partial charge in [0.25, 0.3) is 5.84 Å². The number of hydrogen-bond acceptors (Lipinski definition) is 3. The third-order valence-electron chi connectivity index (χ3n) is 2.14. The van der Waals surface area contributed by atoms with E-state index in [1.807, 2.05) is 13.0 Å². The molecule has 2 rings (SSSR count). The zero-order chi connectivity index (χ0) is 9.47. The van der Waals surface area contributed by atoms with E-state index >= 15 is 0 Å². The molecular weight excluding hydrogens is 204 g/mol. The second-order valence-corrected chi connectivity index (χ2v) is 2.97. The summed E-state index contributed by atoms with van der Waals surface area (Å²) >= 11 is 0. The maximum Gasteiger partial charge on any atom is 0.275 e. The first-order valence-electron chi connectivity index (χ1n) is 4.18. The van der Waals surface area contributed by atoms with Crippen molar-refractivity contribution in [2.75, 3.05) is 0 Å². The second-order valence-electron chi connectivity index (χ2n) is 2.97. The van der Waals surface area contributed by atoms with Crippen LogP contribution >= 0.6 is 0 Å². The van der Waals surface area contributed by atoms with E-state index < -0.39 is 4.81 Å². The van der Waals surface area contributed by atoms with Crippen molar-refractivity contribution in [1.82, 2.24) is 4.81 Å². The summed E-state index contributed by atoms with van der Waals surface area (Å²) < 4.78 is 0. The van der Waals surface area contributed by atoms with Crippen LogP contribution in [0.3, 0.4) is 0 Å². The minimum Gasteiger partial charge on any atom is -1.00 e. The van der Waals surface area contributed by atoms with Gasteiger partial charge in [0.1, 0.15) is 5.69 Å². The predicted octanol–water partition coefficient (Wildman–Crippen LogP) is -0.770. The standard InChI is InChI=1S/C9H11N2O2.ClH/c1-2-9-10-7-5-3-4-6-8(7)11(9,12)13;/h3-6,12-13H,2H2,1H3;1H/q+1;/p-1. The third-order valence-corrected chi connectivity index (χ3v) is 2.14. The molecule has 0 saturated heterocycles. The SMILES string of the molecule is CCC1=Nc2ccccc2[N+]1(O)O.[Cl-]. The highest BCUT2D eigenvalue weighted by Gasteiger charge is 2.41. The van der Waals surface area contributed by atoms with Gasteiger partial charge in [-0.05, 0) is 6.07 Å². The first-order valence-corrected chi connectivity index (χ1v) is 4.18. The van der Waals surface area contributed by atoms with E-state index in [4.69, 9.17) is 0 Å². The Hall–Kier alpha value is -0.940. The number of halogens is 1. The average Bonchev–Trinajstić information content (AvgIpc) is 2.39. The fourth-order valence-corrected chi connectivity index (χ4v) is 1.47. The topological polar surface area (TPSA) is 52.8 Å². The van der Waals surface area contributed by atoms with E-state index in [2.05, 4.69) is 4.99 Å². The molecule has 0 unspecified atom stereocenters. The maximum absolute atomic E-state index is 9.67. The van der Waals surface area contributed by atoms with Crippen LogP contribution in [0.5, 0.6) is 0 Å². The molecule has 0 spiro atoms. The second kappa shape index (κ2) is 3.67. The number of rotatable bonds is 1. The van der Waals surface area contributed by atoms with E-state index in [9.17, 15) is 10.4 Å². The highest BCUT2D eigenvalue weighted by molar-refractivity contribution is 5.99. The van der Waals surface area contributed by atoms with Crippen LogP contribution in [0.2, 0.25) is 0 Å². The lowest BCUT2D eigenvalue weighted by molar-refractivity contribution is -0.229. The molecule has 0 aromatic heterocycles. The number of aliphatic imine (C=N–C) groups is 1. The largest absolute Gasteiger partial charge is 1.00 e. The fourth-order valence-electron chi connectivity index (χ4n) is 1.47. The van der Waals surface area contributed by atoms with Crippen LogP contribution < -0.4 is 17.2 Å². The first-order chi connectivity index (χ1) is 6.16. The Morgan fingerprint density at radius 1 is 1.29 bits per heavy atom. The summed E-state index contributed by atoms with van der Waals surface area (Å²) in [6, 6.07) is 6.99. The van der Waals surface area contributed by atoms with Gasteiger partial charge in [0.15, 0.2) is 0 Å². The predicted molar refractivity (Wildman–Crippen MR) is 49.2 cm³/mol. The molecule has 14 heavy (non-hydrogen) atoms. The van der Waals surface area contributed by atoms with Gasteiger partial charge in [-0.2, -0.15) is 15.4 Å². The van der Waals surface area contributed by atoms with E-state index in [0.717, 1.165) is 0 Å². The molecule has 0 radical (unpaired) electrons. The molecule has 1 heterocycles. The smallest absolute Gasteiger partial charge is 0.275 e. The Morgan fingerprint density at radius 3 is 2.50 bits per heavy atom. The number of quaternary nitrogens is 1. The number of amidine groups is 1. The van der Waals surface area contributed by atoms with E-state index in [0.29, 0.717) is 23.6 Å². The van der Waals surface area contributed by atoms with Gasteiger partial charge in [-0.3, -0.25) is 0 Å². The molecule has 1 aliphatic heterocycles. The highest BCUT2D eigenvalue weighted by atomic mass is 35.5. The van der Waals surface area contributed by atoms with Crippen molar-refractivity contribution >= 4 is 17.2 Å². The van der Waals surface area contributed by atoms with Crippen molar-refractivity contribution in [2.24, 2.45) is 4.99 Å². The molecule has 0 atom stereocenters. The quantitative estimate of drug-likeness (QED) is 0.604. The van der Waals surface area contributed by atoms with Crippen molar-refractivity contribution in [3.8, 4) is 0 Å². The molecule has 0 aliphatic carbocycles. The van der Waals surface area contributed by atoms with Crippen molar-refractivity contribution in [3.05, 3.63) is 24.3 Å². The lowest BCUT2D eigenvalue weighted by atomic mass is 10.3.